The van der Waals surface area contributed by atoms with E-state index in [1.165, 1.54) is 4.90 Å². The number of carboxylic acids is 1. The van der Waals surface area contributed by atoms with Gasteiger partial charge in [0.1, 0.15) is 16.1 Å². The molecule has 0 bridgehead atoms. The van der Waals surface area contributed by atoms with Crippen molar-refractivity contribution in [2.75, 3.05) is 0 Å². The normalized spacial score (nSPS) is 19.7. The molecule has 0 aliphatic carbocycles. The first-order chi connectivity index (χ1) is 11.0. The molecule has 1 saturated heterocycles. The molecule has 1 aliphatic heterocycles. The molecule has 5 nitrogen and oxygen atoms in total. The predicted octanol–water partition coefficient (Wildman–Crippen LogP) is 3.54. The molecule has 1 aromatic rings. The molecule has 1 N–H and O–H groups in total. The van der Waals surface area contributed by atoms with Crippen molar-refractivity contribution in [3.05, 3.63) is 41.2 Å². The molecule has 2 rings (SSSR count). The SMILES string of the molecule is CC[C@@H](C)[C@H](C(=O)O)N1C(=O)/C(=C\C=C\c2ccco2)SC1=S. The van der Waals surface area contributed by atoms with Gasteiger partial charge >= 0.3 is 5.97 Å². The highest BCUT2D eigenvalue weighted by atomic mass is 32.2. The van der Waals surface area contributed by atoms with Crippen LogP contribution in [-0.2, 0) is 9.59 Å². The Kier molecular flexibility index (Phi) is 5.79. The molecule has 23 heavy (non-hydrogen) atoms. The van der Waals surface area contributed by atoms with Crippen LogP contribution in [0.5, 0.6) is 0 Å². The van der Waals surface area contributed by atoms with E-state index in [0.717, 1.165) is 11.8 Å². The second kappa shape index (κ2) is 7.61. The zero-order chi connectivity index (χ0) is 17.0. The summed E-state index contributed by atoms with van der Waals surface area (Å²) in [6, 6.07) is 2.62. The molecule has 2 atom stereocenters. The van der Waals surface area contributed by atoms with Gasteiger partial charge in [0, 0.05) is 0 Å². The van der Waals surface area contributed by atoms with Gasteiger partial charge in [0.05, 0.1) is 11.2 Å². The number of allylic oxidation sites excluding steroid dienone is 2. The summed E-state index contributed by atoms with van der Waals surface area (Å²) in [5, 5.41) is 9.45. The van der Waals surface area contributed by atoms with Crippen LogP contribution in [0, 0.1) is 5.92 Å². The first-order valence-corrected chi connectivity index (χ1v) is 8.38. The van der Waals surface area contributed by atoms with Crippen LogP contribution < -0.4 is 0 Å². The molecule has 1 fully saturated rings. The quantitative estimate of drug-likeness (QED) is 0.624. The van der Waals surface area contributed by atoms with E-state index >= 15 is 0 Å². The minimum Gasteiger partial charge on any atom is -0.480 e. The molecule has 2 heterocycles. The number of carbonyl (C=O) groups is 2. The minimum atomic E-state index is -1.04. The van der Waals surface area contributed by atoms with Crippen LogP contribution in [0.15, 0.2) is 39.9 Å². The number of thiocarbonyl (C=S) groups is 1. The number of amides is 1. The lowest BCUT2D eigenvalue weighted by atomic mass is 9.98. The van der Waals surface area contributed by atoms with E-state index in [1.54, 1.807) is 43.5 Å². The largest absolute Gasteiger partial charge is 0.480 e. The van der Waals surface area contributed by atoms with Gasteiger partial charge in [-0.15, -0.1) is 0 Å². The van der Waals surface area contributed by atoms with Crippen molar-refractivity contribution in [1.29, 1.82) is 0 Å². The van der Waals surface area contributed by atoms with E-state index in [1.807, 2.05) is 6.92 Å². The van der Waals surface area contributed by atoms with E-state index in [4.69, 9.17) is 16.6 Å². The van der Waals surface area contributed by atoms with E-state index in [9.17, 15) is 14.7 Å². The summed E-state index contributed by atoms with van der Waals surface area (Å²) >= 11 is 6.33. The molecule has 0 aromatic carbocycles. The van der Waals surface area contributed by atoms with Gasteiger partial charge in [-0.1, -0.05) is 50.3 Å². The molecule has 0 saturated carbocycles. The standard InChI is InChI=1S/C16H17NO4S2/c1-3-10(2)13(15(19)20)17-14(18)12(23-16(17)22)8-4-6-11-7-5-9-21-11/h4-10,13H,3H2,1-2H3,(H,19,20)/b6-4+,12-8+/t10-,13-/m1/s1. The zero-order valence-electron chi connectivity index (χ0n) is 12.8. The van der Waals surface area contributed by atoms with Gasteiger partial charge in [-0.25, -0.2) is 4.79 Å². The third-order valence-corrected chi connectivity index (χ3v) is 4.94. The molecule has 122 valence electrons. The Morgan fingerprint density at radius 1 is 1.57 bits per heavy atom. The molecule has 0 spiro atoms. The Morgan fingerprint density at radius 3 is 2.87 bits per heavy atom. The average Bonchev–Trinajstić information content (AvgIpc) is 3.11. The smallest absolute Gasteiger partial charge is 0.327 e. The number of hydrogen-bond acceptors (Lipinski definition) is 5. The maximum atomic E-state index is 12.5. The molecule has 0 radical (unpaired) electrons. The van der Waals surface area contributed by atoms with Crippen molar-refractivity contribution >= 4 is 46.3 Å². The predicted molar refractivity (Wildman–Crippen MR) is 93.7 cm³/mol. The fourth-order valence-electron chi connectivity index (χ4n) is 2.18. The van der Waals surface area contributed by atoms with Crippen molar-refractivity contribution < 1.29 is 19.1 Å². The van der Waals surface area contributed by atoms with Crippen molar-refractivity contribution in [2.24, 2.45) is 5.92 Å². The monoisotopic (exact) mass is 351 g/mol. The molecule has 1 aromatic heterocycles. The highest BCUT2D eigenvalue weighted by molar-refractivity contribution is 8.26. The molecule has 1 amide bonds. The molecular weight excluding hydrogens is 334 g/mol. The van der Waals surface area contributed by atoms with Crippen LogP contribution in [0.25, 0.3) is 6.08 Å². The number of nitrogens with zero attached hydrogens (tertiary/aromatic N) is 1. The minimum absolute atomic E-state index is 0.187. The van der Waals surface area contributed by atoms with E-state index in [-0.39, 0.29) is 16.1 Å². The number of furan rings is 1. The maximum Gasteiger partial charge on any atom is 0.327 e. The summed E-state index contributed by atoms with van der Waals surface area (Å²) < 4.78 is 5.44. The van der Waals surface area contributed by atoms with Gasteiger partial charge < -0.3 is 9.52 Å². The van der Waals surface area contributed by atoms with Gasteiger partial charge in [-0.2, -0.15) is 0 Å². The first kappa shape index (κ1) is 17.5. The van der Waals surface area contributed by atoms with Crippen molar-refractivity contribution in [3.63, 3.8) is 0 Å². The number of aliphatic carboxylic acids is 1. The number of carbonyl (C=O) groups excluding carboxylic acids is 1. The van der Waals surface area contributed by atoms with E-state index in [0.29, 0.717) is 17.1 Å². The lowest BCUT2D eigenvalue weighted by Gasteiger charge is -2.27. The van der Waals surface area contributed by atoms with Crippen LogP contribution in [0.4, 0.5) is 0 Å². The number of carboxylic acid groups (broad SMARTS) is 1. The van der Waals surface area contributed by atoms with Crippen LogP contribution in [0.1, 0.15) is 26.0 Å². The second-order valence-electron chi connectivity index (χ2n) is 5.12. The number of rotatable bonds is 6. The van der Waals surface area contributed by atoms with Crippen molar-refractivity contribution in [3.8, 4) is 0 Å². The van der Waals surface area contributed by atoms with Crippen molar-refractivity contribution in [1.82, 2.24) is 4.90 Å². The highest BCUT2D eigenvalue weighted by Crippen LogP contribution is 2.34. The van der Waals surface area contributed by atoms with Gasteiger partial charge in [-0.3, -0.25) is 9.69 Å². The summed E-state index contributed by atoms with van der Waals surface area (Å²) in [6.07, 6.45) is 7.23. The van der Waals surface area contributed by atoms with Crippen molar-refractivity contribution in [2.45, 2.75) is 26.3 Å². The summed E-state index contributed by atoms with van der Waals surface area (Å²) in [6.45, 7) is 3.69. The Balaban J connectivity index is 2.20. The fourth-order valence-corrected chi connectivity index (χ4v) is 3.46. The van der Waals surface area contributed by atoms with Gasteiger partial charge in [0.2, 0.25) is 0 Å². The maximum absolute atomic E-state index is 12.5. The van der Waals surface area contributed by atoms with Gasteiger partial charge in [0.25, 0.3) is 5.91 Å². The van der Waals surface area contributed by atoms with Crippen LogP contribution in [0.3, 0.4) is 0 Å². The van der Waals surface area contributed by atoms with E-state index < -0.39 is 12.0 Å². The third-order valence-electron chi connectivity index (χ3n) is 3.59. The Labute approximate surface area is 144 Å². The Hall–Kier alpha value is -1.86. The molecule has 7 heteroatoms. The summed E-state index contributed by atoms with van der Waals surface area (Å²) in [7, 11) is 0. The molecule has 1 aliphatic rings. The van der Waals surface area contributed by atoms with Crippen LogP contribution in [-0.4, -0.2) is 32.2 Å². The summed E-state index contributed by atoms with van der Waals surface area (Å²) in [5.41, 5.74) is 0. The Morgan fingerprint density at radius 2 is 2.30 bits per heavy atom. The van der Waals surface area contributed by atoms with Crippen LogP contribution in [0.2, 0.25) is 0 Å². The topological polar surface area (TPSA) is 70.8 Å². The lowest BCUT2D eigenvalue weighted by molar-refractivity contribution is -0.147. The summed E-state index contributed by atoms with van der Waals surface area (Å²) in [5.74, 6) is -0.924. The van der Waals surface area contributed by atoms with Gasteiger partial charge in [0.15, 0.2) is 0 Å². The highest BCUT2D eigenvalue weighted by Gasteiger charge is 2.42. The average molecular weight is 351 g/mol. The van der Waals surface area contributed by atoms with E-state index in [2.05, 4.69) is 0 Å². The second-order valence-corrected chi connectivity index (χ2v) is 6.79. The molecular formula is C16H17NO4S2. The lowest BCUT2D eigenvalue weighted by Crippen LogP contribution is -2.47. The summed E-state index contributed by atoms with van der Waals surface area (Å²) in [4.78, 5) is 25.7. The Bertz CT molecular complexity index is 664. The zero-order valence-corrected chi connectivity index (χ0v) is 14.4. The fraction of sp³-hybridized carbons (Fsp3) is 0.312. The number of hydrogen-bond donors (Lipinski definition) is 1. The third kappa shape index (κ3) is 3.92. The first-order valence-electron chi connectivity index (χ1n) is 7.15. The number of thioether (sulfide) groups is 1. The van der Waals surface area contributed by atoms with Crippen LogP contribution >= 0.6 is 24.0 Å². The van der Waals surface area contributed by atoms with Gasteiger partial charge in [-0.05, 0) is 30.2 Å². The molecule has 0 unspecified atom stereocenters.